The van der Waals surface area contributed by atoms with E-state index < -0.39 is 15.1 Å². The van der Waals surface area contributed by atoms with Crippen LogP contribution in [-0.2, 0) is 21.2 Å². The van der Waals surface area contributed by atoms with Gasteiger partial charge in [0, 0.05) is 43.6 Å². The first-order valence-corrected chi connectivity index (χ1v) is 10.2. The molecule has 0 bridgehead atoms. The van der Waals surface area contributed by atoms with Gasteiger partial charge in [-0.1, -0.05) is 26.7 Å². The summed E-state index contributed by atoms with van der Waals surface area (Å²) in [6.07, 6.45) is 8.49. The van der Waals surface area contributed by atoms with Crippen molar-refractivity contribution in [3.8, 4) is 0 Å². The highest BCUT2D eigenvalue weighted by atomic mass is 32.2. The van der Waals surface area contributed by atoms with Crippen LogP contribution in [0.25, 0.3) is 0 Å². The summed E-state index contributed by atoms with van der Waals surface area (Å²) in [5, 5.41) is 2.49. The summed E-state index contributed by atoms with van der Waals surface area (Å²) in [6.45, 7) is 4.70. The Bertz CT molecular complexity index is 637. The van der Waals surface area contributed by atoms with Gasteiger partial charge in [0.15, 0.2) is 9.84 Å². The van der Waals surface area contributed by atoms with E-state index in [0.29, 0.717) is 25.3 Å². The number of sulfone groups is 1. The zero-order valence-corrected chi connectivity index (χ0v) is 15.0. The van der Waals surface area contributed by atoms with Crippen molar-refractivity contribution in [2.24, 2.45) is 0 Å². The number of nitrogens with one attached hydrogen (secondary N) is 1. The molecule has 1 saturated carbocycles. The van der Waals surface area contributed by atoms with E-state index in [0.717, 1.165) is 25.1 Å². The van der Waals surface area contributed by atoms with Crippen molar-refractivity contribution in [2.75, 3.05) is 6.26 Å². The van der Waals surface area contributed by atoms with Crippen LogP contribution in [0.3, 0.4) is 0 Å². The molecule has 23 heavy (non-hydrogen) atoms. The molecule has 1 aliphatic rings. The van der Waals surface area contributed by atoms with E-state index in [4.69, 9.17) is 0 Å². The summed E-state index contributed by atoms with van der Waals surface area (Å²) in [4.78, 5) is 16.5. The lowest BCUT2D eigenvalue weighted by Gasteiger charge is -2.30. The van der Waals surface area contributed by atoms with E-state index in [1.165, 1.54) is 6.26 Å². The maximum Gasteiger partial charge on any atom is 0.222 e. The molecule has 1 N–H and O–H groups in total. The quantitative estimate of drug-likeness (QED) is 0.856. The number of rotatable bonds is 6. The Morgan fingerprint density at radius 1 is 1.39 bits per heavy atom. The van der Waals surface area contributed by atoms with Crippen molar-refractivity contribution in [1.29, 1.82) is 0 Å². The molecule has 1 aromatic heterocycles. The van der Waals surface area contributed by atoms with Crippen molar-refractivity contribution in [3.63, 3.8) is 0 Å². The van der Waals surface area contributed by atoms with Gasteiger partial charge in [-0.15, -0.1) is 0 Å². The Hall–Kier alpha value is -1.37. The summed E-state index contributed by atoms with van der Waals surface area (Å²) in [5.74, 6) is 1.18. The SMILES string of the molecule is CC(C)c1nccn1CCC(=O)N[C@@H]1CCCC[C@H]1S(C)(=O)=O. The number of hydrogen-bond donors (Lipinski definition) is 1. The molecule has 0 spiro atoms. The first-order valence-electron chi connectivity index (χ1n) is 8.28. The summed E-state index contributed by atoms with van der Waals surface area (Å²) in [5.41, 5.74) is 0. The second-order valence-corrected chi connectivity index (χ2v) is 8.97. The number of carbonyl (C=O) groups is 1. The smallest absolute Gasteiger partial charge is 0.222 e. The van der Waals surface area contributed by atoms with E-state index in [1.807, 2.05) is 10.8 Å². The van der Waals surface area contributed by atoms with Crippen LogP contribution in [0.4, 0.5) is 0 Å². The van der Waals surface area contributed by atoms with Gasteiger partial charge in [-0.3, -0.25) is 4.79 Å². The number of aromatic nitrogens is 2. The standard InChI is InChI=1S/C16H27N3O3S/c1-12(2)16-17-9-11-19(16)10-8-15(20)18-13-6-4-5-7-14(13)23(3,21)22/h9,11-14H,4-8,10H2,1-3H3,(H,18,20)/t13-,14-/m1/s1. The van der Waals surface area contributed by atoms with Gasteiger partial charge in [-0.2, -0.15) is 0 Å². The van der Waals surface area contributed by atoms with Gasteiger partial charge in [0.25, 0.3) is 0 Å². The molecule has 1 amide bonds. The van der Waals surface area contributed by atoms with Crippen molar-refractivity contribution in [2.45, 2.75) is 69.7 Å². The van der Waals surface area contributed by atoms with Crippen molar-refractivity contribution < 1.29 is 13.2 Å². The monoisotopic (exact) mass is 341 g/mol. The molecule has 2 rings (SSSR count). The van der Waals surface area contributed by atoms with Crippen LogP contribution in [0.15, 0.2) is 12.4 Å². The number of imidazole rings is 1. The first-order chi connectivity index (χ1) is 10.8. The van der Waals surface area contributed by atoms with Gasteiger partial charge >= 0.3 is 0 Å². The van der Waals surface area contributed by atoms with Gasteiger partial charge in [0.2, 0.25) is 5.91 Å². The van der Waals surface area contributed by atoms with E-state index >= 15 is 0 Å². The third-order valence-electron chi connectivity index (χ3n) is 4.44. The molecular weight excluding hydrogens is 314 g/mol. The van der Waals surface area contributed by atoms with Gasteiger partial charge in [-0.25, -0.2) is 13.4 Å². The maximum atomic E-state index is 12.2. The molecule has 1 aromatic rings. The zero-order valence-electron chi connectivity index (χ0n) is 14.2. The van der Waals surface area contributed by atoms with Crippen LogP contribution in [0.1, 0.15) is 57.7 Å². The summed E-state index contributed by atoms with van der Waals surface area (Å²) >= 11 is 0. The van der Waals surface area contributed by atoms with E-state index in [2.05, 4.69) is 24.1 Å². The topological polar surface area (TPSA) is 81.1 Å². The third kappa shape index (κ3) is 4.80. The molecule has 6 nitrogen and oxygen atoms in total. The number of hydrogen-bond acceptors (Lipinski definition) is 4. The molecule has 0 unspecified atom stereocenters. The molecule has 0 radical (unpaired) electrons. The Labute approximate surface area is 138 Å². The zero-order chi connectivity index (χ0) is 17.0. The van der Waals surface area contributed by atoms with E-state index in [-0.39, 0.29) is 11.9 Å². The lowest BCUT2D eigenvalue weighted by atomic mass is 9.95. The van der Waals surface area contributed by atoms with E-state index in [9.17, 15) is 13.2 Å². The summed E-state index contributed by atoms with van der Waals surface area (Å²) < 4.78 is 25.7. The minimum atomic E-state index is -3.13. The number of amides is 1. The van der Waals surface area contributed by atoms with Crippen LogP contribution >= 0.6 is 0 Å². The molecule has 130 valence electrons. The molecule has 1 aliphatic carbocycles. The average Bonchev–Trinajstić information content (AvgIpc) is 2.93. The van der Waals surface area contributed by atoms with Crippen molar-refractivity contribution >= 4 is 15.7 Å². The summed E-state index contributed by atoms with van der Waals surface area (Å²) in [7, 11) is -3.13. The molecule has 1 heterocycles. The van der Waals surface area contributed by atoms with Gasteiger partial charge in [-0.05, 0) is 12.8 Å². The third-order valence-corrected chi connectivity index (χ3v) is 6.11. The van der Waals surface area contributed by atoms with Crippen LogP contribution in [0.5, 0.6) is 0 Å². The Kier molecular flexibility index (Phi) is 5.84. The Morgan fingerprint density at radius 2 is 2.09 bits per heavy atom. The number of aryl methyl sites for hydroxylation is 1. The van der Waals surface area contributed by atoms with Crippen LogP contribution in [0.2, 0.25) is 0 Å². The molecule has 0 saturated heterocycles. The largest absolute Gasteiger partial charge is 0.352 e. The second kappa shape index (κ2) is 7.47. The number of nitrogens with zero attached hydrogens (tertiary/aromatic N) is 2. The van der Waals surface area contributed by atoms with Crippen LogP contribution in [0, 0.1) is 0 Å². The average molecular weight is 341 g/mol. The predicted molar refractivity (Wildman–Crippen MR) is 90.0 cm³/mol. The lowest BCUT2D eigenvalue weighted by molar-refractivity contribution is -0.122. The maximum absolute atomic E-state index is 12.2. The fraction of sp³-hybridized carbons (Fsp3) is 0.750. The van der Waals surface area contributed by atoms with Crippen LogP contribution in [-0.4, -0.2) is 41.4 Å². The van der Waals surface area contributed by atoms with Crippen molar-refractivity contribution in [3.05, 3.63) is 18.2 Å². The van der Waals surface area contributed by atoms with Crippen molar-refractivity contribution in [1.82, 2.24) is 14.9 Å². The highest BCUT2D eigenvalue weighted by Crippen LogP contribution is 2.24. The molecule has 2 atom stereocenters. The predicted octanol–water partition coefficient (Wildman–Crippen LogP) is 1.87. The minimum Gasteiger partial charge on any atom is -0.352 e. The van der Waals surface area contributed by atoms with Gasteiger partial charge < -0.3 is 9.88 Å². The van der Waals surface area contributed by atoms with Crippen LogP contribution < -0.4 is 5.32 Å². The lowest BCUT2D eigenvalue weighted by Crippen LogP contribution is -2.48. The summed E-state index contributed by atoms with van der Waals surface area (Å²) in [6, 6.07) is -0.251. The molecule has 7 heteroatoms. The molecule has 1 fully saturated rings. The Morgan fingerprint density at radius 3 is 2.74 bits per heavy atom. The molecule has 0 aliphatic heterocycles. The minimum absolute atomic E-state index is 0.0889. The number of carbonyl (C=O) groups excluding carboxylic acids is 1. The Balaban J connectivity index is 1.92. The molecule has 0 aromatic carbocycles. The molecular formula is C16H27N3O3S. The highest BCUT2D eigenvalue weighted by Gasteiger charge is 2.33. The van der Waals surface area contributed by atoms with Gasteiger partial charge in [0.05, 0.1) is 5.25 Å². The first kappa shape index (κ1) is 18.0. The highest BCUT2D eigenvalue weighted by molar-refractivity contribution is 7.91. The second-order valence-electron chi connectivity index (χ2n) is 6.71. The fourth-order valence-corrected chi connectivity index (χ4v) is 4.68. The van der Waals surface area contributed by atoms with E-state index in [1.54, 1.807) is 6.20 Å². The van der Waals surface area contributed by atoms with Gasteiger partial charge in [0.1, 0.15) is 5.82 Å². The fourth-order valence-electron chi connectivity index (χ4n) is 3.29. The normalized spacial score (nSPS) is 22.3.